The maximum Gasteiger partial charge on any atom is 0.244 e. The van der Waals surface area contributed by atoms with E-state index in [1.165, 1.54) is 6.20 Å². The molecule has 0 aliphatic heterocycles. The fourth-order valence-electron chi connectivity index (χ4n) is 1.46. The fourth-order valence-corrected chi connectivity index (χ4v) is 2.69. The molecule has 0 radical (unpaired) electrons. The topological polar surface area (TPSA) is 71.1 Å². The summed E-state index contributed by atoms with van der Waals surface area (Å²) in [6, 6.07) is 1.64. The van der Waals surface area contributed by atoms with E-state index in [9.17, 15) is 8.42 Å². The monoisotopic (exact) mass is 257 g/mol. The van der Waals surface area contributed by atoms with Gasteiger partial charge in [0.15, 0.2) is 0 Å². The Hall–Kier alpha value is -1.14. The van der Waals surface area contributed by atoms with Crippen LogP contribution in [0.5, 0.6) is 0 Å². The second kappa shape index (κ2) is 6.56. The first kappa shape index (κ1) is 13.9. The lowest BCUT2D eigenvalue weighted by Crippen LogP contribution is -2.25. The van der Waals surface area contributed by atoms with Crippen molar-refractivity contribution in [2.75, 3.05) is 18.9 Å². The molecule has 0 saturated heterocycles. The number of unbranched alkanes of at least 4 members (excludes halogenated alkanes) is 2. The number of hydrogen-bond donors (Lipinski definition) is 2. The van der Waals surface area contributed by atoms with Gasteiger partial charge >= 0.3 is 0 Å². The van der Waals surface area contributed by atoms with Crippen molar-refractivity contribution in [1.82, 2.24) is 9.71 Å². The Morgan fingerprint density at radius 2 is 2.12 bits per heavy atom. The van der Waals surface area contributed by atoms with E-state index in [1.54, 1.807) is 19.3 Å². The Balaban J connectivity index is 2.75. The molecule has 0 aliphatic rings. The molecule has 0 amide bonds. The van der Waals surface area contributed by atoms with Crippen LogP contribution in [0.2, 0.25) is 0 Å². The molecular weight excluding hydrogens is 238 g/mol. The SMILES string of the molecule is CCCCCNS(=O)(=O)c1cnccc1NC. The highest BCUT2D eigenvalue weighted by atomic mass is 32.2. The summed E-state index contributed by atoms with van der Waals surface area (Å²) in [6.07, 6.45) is 5.85. The molecule has 1 aromatic heterocycles. The minimum Gasteiger partial charge on any atom is -0.387 e. The van der Waals surface area contributed by atoms with Crippen LogP contribution in [0.1, 0.15) is 26.2 Å². The van der Waals surface area contributed by atoms with Crippen LogP contribution >= 0.6 is 0 Å². The highest BCUT2D eigenvalue weighted by molar-refractivity contribution is 7.89. The van der Waals surface area contributed by atoms with Crippen LogP contribution in [0.25, 0.3) is 0 Å². The highest BCUT2D eigenvalue weighted by Gasteiger charge is 2.17. The lowest BCUT2D eigenvalue weighted by molar-refractivity contribution is 0.576. The Morgan fingerprint density at radius 1 is 1.35 bits per heavy atom. The molecule has 1 aromatic rings. The molecule has 0 aromatic carbocycles. The number of sulfonamides is 1. The van der Waals surface area contributed by atoms with Gasteiger partial charge in [-0.1, -0.05) is 19.8 Å². The van der Waals surface area contributed by atoms with Crippen molar-refractivity contribution in [3.05, 3.63) is 18.5 Å². The quantitative estimate of drug-likeness (QED) is 0.728. The molecule has 0 saturated carbocycles. The van der Waals surface area contributed by atoms with E-state index in [-0.39, 0.29) is 4.90 Å². The van der Waals surface area contributed by atoms with Gasteiger partial charge in [-0.15, -0.1) is 0 Å². The van der Waals surface area contributed by atoms with E-state index in [0.29, 0.717) is 12.2 Å². The molecule has 0 aliphatic carbocycles. The number of anilines is 1. The van der Waals surface area contributed by atoms with Gasteiger partial charge in [-0.2, -0.15) is 0 Å². The maximum absolute atomic E-state index is 12.0. The summed E-state index contributed by atoms with van der Waals surface area (Å²) < 4.78 is 26.5. The first-order valence-electron chi connectivity index (χ1n) is 5.73. The van der Waals surface area contributed by atoms with Gasteiger partial charge < -0.3 is 5.32 Å². The van der Waals surface area contributed by atoms with Crippen molar-refractivity contribution in [1.29, 1.82) is 0 Å². The number of aromatic nitrogens is 1. The van der Waals surface area contributed by atoms with Crippen LogP contribution in [0.4, 0.5) is 5.69 Å². The van der Waals surface area contributed by atoms with Crippen LogP contribution < -0.4 is 10.0 Å². The minimum atomic E-state index is -3.46. The number of pyridine rings is 1. The Morgan fingerprint density at radius 3 is 2.76 bits per heavy atom. The van der Waals surface area contributed by atoms with Crippen LogP contribution in [-0.4, -0.2) is 27.0 Å². The third-order valence-corrected chi connectivity index (χ3v) is 3.90. The second-order valence-corrected chi connectivity index (χ2v) is 5.46. The van der Waals surface area contributed by atoms with Crippen molar-refractivity contribution in [2.24, 2.45) is 0 Å². The summed E-state index contributed by atoms with van der Waals surface area (Å²) in [7, 11) is -1.77. The first-order valence-corrected chi connectivity index (χ1v) is 7.21. The molecule has 1 rings (SSSR count). The smallest absolute Gasteiger partial charge is 0.244 e. The van der Waals surface area contributed by atoms with Gasteiger partial charge in [-0.3, -0.25) is 4.98 Å². The van der Waals surface area contributed by atoms with Crippen LogP contribution in [-0.2, 0) is 10.0 Å². The number of nitrogens with zero attached hydrogens (tertiary/aromatic N) is 1. The zero-order valence-electron chi connectivity index (χ0n) is 10.2. The average molecular weight is 257 g/mol. The molecule has 0 atom stereocenters. The van der Waals surface area contributed by atoms with Crippen LogP contribution in [0, 0.1) is 0 Å². The number of nitrogens with one attached hydrogen (secondary N) is 2. The van der Waals surface area contributed by atoms with Crippen molar-refractivity contribution in [3.8, 4) is 0 Å². The van der Waals surface area contributed by atoms with E-state index in [0.717, 1.165) is 19.3 Å². The lowest BCUT2D eigenvalue weighted by Gasteiger charge is -2.10. The molecule has 0 unspecified atom stereocenters. The summed E-state index contributed by atoms with van der Waals surface area (Å²) >= 11 is 0. The Bertz CT molecular complexity index is 446. The van der Waals surface area contributed by atoms with E-state index in [2.05, 4.69) is 21.9 Å². The van der Waals surface area contributed by atoms with Gasteiger partial charge in [0.05, 0.1) is 5.69 Å². The second-order valence-electron chi connectivity index (χ2n) is 3.73. The zero-order chi connectivity index (χ0) is 12.7. The van der Waals surface area contributed by atoms with Gasteiger partial charge in [-0.05, 0) is 12.5 Å². The lowest BCUT2D eigenvalue weighted by atomic mass is 10.3. The summed E-state index contributed by atoms with van der Waals surface area (Å²) in [5.74, 6) is 0. The third kappa shape index (κ3) is 3.98. The van der Waals surface area contributed by atoms with E-state index < -0.39 is 10.0 Å². The predicted octanol–water partition coefficient (Wildman–Crippen LogP) is 1.59. The Labute approximate surface area is 103 Å². The number of hydrogen-bond acceptors (Lipinski definition) is 4. The molecule has 96 valence electrons. The van der Waals surface area contributed by atoms with Gasteiger partial charge in [-0.25, -0.2) is 13.1 Å². The van der Waals surface area contributed by atoms with Crippen molar-refractivity contribution in [3.63, 3.8) is 0 Å². The van der Waals surface area contributed by atoms with Crippen molar-refractivity contribution < 1.29 is 8.42 Å². The summed E-state index contributed by atoms with van der Waals surface area (Å²) in [4.78, 5) is 4.04. The van der Waals surface area contributed by atoms with Gasteiger partial charge in [0.2, 0.25) is 10.0 Å². The average Bonchev–Trinajstić information content (AvgIpc) is 2.34. The summed E-state index contributed by atoms with van der Waals surface area (Å²) in [6.45, 7) is 2.54. The van der Waals surface area contributed by atoms with Gasteiger partial charge in [0.25, 0.3) is 0 Å². The van der Waals surface area contributed by atoms with Gasteiger partial charge in [0, 0.05) is 26.0 Å². The van der Waals surface area contributed by atoms with Crippen molar-refractivity contribution >= 4 is 15.7 Å². The molecule has 0 spiro atoms. The molecule has 0 fully saturated rings. The third-order valence-electron chi connectivity index (χ3n) is 2.42. The Kier molecular flexibility index (Phi) is 5.37. The molecule has 0 bridgehead atoms. The zero-order valence-corrected chi connectivity index (χ0v) is 11.0. The largest absolute Gasteiger partial charge is 0.387 e. The normalized spacial score (nSPS) is 11.4. The molecule has 17 heavy (non-hydrogen) atoms. The summed E-state index contributed by atoms with van der Waals surface area (Å²) in [5, 5.41) is 2.84. The van der Waals surface area contributed by atoms with Gasteiger partial charge in [0.1, 0.15) is 4.90 Å². The molecule has 1 heterocycles. The van der Waals surface area contributed by atoms with E-state index in [4.69, 9.17) is 0 Å². The van der Waals surface area contributed by atoms with Crippen LogP contribution in [0.15, 0.2) is 23.4 Å². The summed E-state index contributed by atoms with van der Waals surface area (Å²) in [5.41, 5.74) is 0.558. The van der Waals surface area contributed by atoms with Crippen molar-refractivity contribution in [2.45, 2.75) is 31.1 Å². The minimum absolute atomic E-state index is 0.194. The predicted molar refractivity (Wildman–Crippen MR) is 68.5 cm³/mol. The molecular formula is C11H19N3O2S. The first-order chi connectivity index (χ1) is 8.11. The molecule has 5 nitrogen and oxygen atoms in total. The maximum atomic E-state index is 12.0. The van der Waals surface area contributed by atoms with E-state index >= 15 is 0 Å². The number of rotatable bonds is 7. The molecule has 6 heteroatoms. The highest BCUT2D eigenvalue weighted by Crippen LogP contribution is 2.18. The standard InChI is InChI=1S/C11H19N3O2S/c1-3-4-5-7-14-17(15,16)11-9-13-8-6-10(11)12-2/h6,8-9,14H,3-5,7H2,1-2H3,(H,12,13). The van der Waals surface area contributed by atoms with E-state index in [1.807, 2.05) is 0 Å². The fraction of sp³-hybridized carbons (Fsp3) is 0.545. The van der Waals surface area contributed by atoms with Crippen LogP contribution in [0.3, 0.4) is 0 Å². The molecule has 2 N–H and O–H groups in total.